The number of carbonyl (C=O) groups is 1. The number of nitrogens with one attached hydrogen (secondary N) is 1. The summed E-state index contributed by atoms with van der Waals surface area (Å²) in [6.07, 6.45) is 1.10. The largest absolute Gasteiger partial charge is 0.554 e. The molecule has 0 rings (SSSR count). The van der Waals surface area contributed by atoms with Crippen LogP contribution in [0, 0.1) is 5.41 Å². The van der Waals surface area contributed by atoms with E-state index in [9.17, 15) is 4.79 Å². The van der Waals surface area contributed by atoms with Crippen LogP contribution in [0.3, 0.4) is 0 Å². The second-order valence-electron chi connectivity index (χ2n) is 3.87. The summed E-state index contributed by atoms with van der Waals surface area (Å²) in [5.41, 5.74) is 2.90. The van der Waals surface area contributed by atoms with Crippen LogP contribution in [0.25, 0.3) is 0 Å². The number of hydrogen-bond donors (Lipinski definition) is 1. The highest BCUT2D eigenvalue weighted by Gasteiger charge is 2.20. The number of rotatable bonds is 4. The van der Waals surface area contributed by atoms with E-state index in [-0.39, 0.29) is 5.41 Å². The molecule has 0 aromatic rings. The molecule has 0 fully saturated rings. The van der Waals surface area contributed by atoms with E-state index in [1.54, 1.807) is 11.8 Å². The molecule has 0 aliphatic heterocycles. The molecule has 0 aromatic carbocycles. The van der Waals surface area contributed by atoms with Crippen molar-refractivity contribution < 1.29 is 14.5 Å². The van der Waals surface area contributed by atoms with E-state index in [0.29, 0.717) is 0 Å². The van der Waals surface area contributed by atoms with Gasteiger partial charge in [0.2, 0.25) is 0 Å². The van der Waals surface area contributed by atoms with Crippen LogP contribution in [0.4, 0.5) is 4.79 Å². The van der Waals surface area contributed by atoms with E-state index in [1.807, 2.05) is 27.0 Å². The van der Waals surface area contributed by atoms with Gasteiger partial charge in [0.1, 0.15) is 0 Å². The molecule has 1 N–H and O–H groups in total. The first-order chi connectivity index (χ1) is 6.91. The number of hydroxylamine groups is 1. The lowest BCUT2D eigenvalue weighted by Gasteiger charge is -2.19. The first-order valence-corrected chi connectivity index (χ1v) is 5.92. The van der Waals surface area contributed by atoms with E-state index < -0.39 is 6.16 Å². The Hall–Kier alpha value is -0.750. The Morgan fingerprint density at radius 3 is 2.47 bits per heavy atom. The maximum absolute atomic E-state index is 10.9. The van der Waals surface area contributed by atoms with Gasteiger partial charge in [-0.2, -0.15) is 22.0 Å². The highest BCUT2D eigenvalue weighted by molar-refractivity contribution is 7.99. The molecule has 0 unspecified atom stereocenters. The molecule has 6 heteroatoms. The maximum Gasteiger partial charge on any atom is 0.554 e. The topological polar surface area (TPSA) is 59.9 Å². The van der Waals surface area contributed by atoms with Gasteiger partial charge < -0.3 is 4.84 Å². The molecule has 0 spiro atoms. The number of carbonyl (C=O) groups excluding carboxylic acids is 1. The fourth-order valence-corrected chi connectivity index (χ4v) is 1.47. The zero-order chi connectivity index (χ0) is 11.9. The van der Waals surface area contributed by atoms with Gasteiger partial charge in [-0.05, 0) is 6.26 Å². The highest BCUT2D eigenvalue weighted by atomic mass is 32.2. The third-order valence-corrected chi connectivity index (χ3v) is 2.12. The minimum Gasteiger partial charge on any atom is -0.337 e. The van der Waals surface area contributed by atoms with Gasteiger partial charge in [-0.3, -0.25) is 4.84 Å². The molecule has 0 heterocycles. The molecule has 0 bridgehead atoms. The molecular formula is C9H18N2O3S. The van der Waals surface area contributed by atoms with E-state index in [4.69, 9.17) is 0 Å². The lowest BCUT2D eigenvalue weighted by molar-refractivity contribution is 0.0254. The molecule has 5 nitrogen and oxygen atoms in total. The summed E-state index contributed by atoms with van der Waals surface area (Å²) in [7, 11) is 1.47. The van der Waals surface area contributed by atoms with Crippen molar-refractivity contribution in [3.63, 3.8) is 0 Å². The van der Waals surface area contributed by atoms with Crippen molar-refractivity contribution in [1.29, 1.82) is 0 Å². The Balaban J connectivity index is 4.36. The third kappa shape index (κ3) is 6.35. The van der Waals surface area contributed by atoms with Crippen LogP contribution in [0.5, 0.6) is 0 Å². The quantitative estimate of drug-likeness (QED) is 0.458. The van der Waals surface area contributed by atoms with Crippen LogP contribution >= 0.6 is 11.8 Å². The summed E-state index contributed by atoms with van der Waals surface area (Å²) in [5, 5.41) is 3.78. The van der Waals surface area contributed by atoms with E-state index in [1.165, 1.54) is 7.05 Å². The van der Waals surface area contributed by atoms with Crippen molar-refractivity contribution in [2.24, 2.45) is 10.6 Å². The molecule has 0 aliphatic carbocycles. The van der Waals surface area contributed by atoms with Crippen molar-refractivity contribution >= 4 is 23.6 Å². The molecule has 88 valence electrons. The third-order valence-electron chi connectivity index (χ3n) is 1.56. The van der Waals surface area contributed by atoms with E-state index in [0.717, 1.165) is 11.5 Å². The Morgan fingerprint density at radius 1 is 1.47 bits per heavy atom. The van der Waals surface area contributed by atoms with Crippen LogP contribution in [0.2, 0.25) is 0 Å². The SMILES string of the molecule is CNOC(=O)ON=C(CSC)C(C)(C)C. The normalized spacial score (nSPS) is 12.5. The lowest BCUT2D eigenvalue weighted by atomic mass is 9.91. The number of thioether (sulfide) groups is 1. The predicted molar refractivity (Wildman–Crippen MR) is 61.9 cm³/mol. The van der Waals surface area contributed by atoms with Gasteiger partial charge in [-0.1, -0.05) is 25.9 Å². The fraction of sp³-hybridized carbons (Fsp3) is 0.778. The second-order valence-corrected chi connectivity index (χ2v) is 4.73. The average molecular weight is 234 g/mol. The number of hydrogen-bond acceptors (Lipinski definition) is 6. The Bertz CT molecular complexity index is 236. The van der Waals surface area contributed by atoms with Gasteiger partial charge in [0.25, 0.3) is 0 Å². The first-order valence-electron chi connectivity index (χ1n) is 4.52. The summed E-state index contributed by atoms with van der Waals surface area (Å²) in [6.45, 7) is 6.03. The molecule has 0 radical (unpaired) electrons. The van der Waals surface area contributed by atoms with Crippen molar-refractivity contribution in [3.8, 4) is 0 Å². The van der Waals surface area contributed by atoms with E-state index >= 15 is 0 Å². The van der Waals surface area contributed by atoms with Gasteiger partial charge in [-0.15, -0.1) is 0 Å². The molecule has 0 saturated carbocycles. The van der Waals surface area contributed by atoms with Gasteiger partial charge in [0.05, 0.1) is 5.71 Å². The fourth-order valence-electron chi connectivity index (χ4n) is 0.711. The van der Waals surface area contributed by atoms with Crippen molar-refractivity contribution in [2.75, 3.05) is 19.1 Å². The van der Waals surface area contributed by atoms with Crippen LogP contribution in [-0.4, -0.2) is 30.9 Å². The molecule has 15 heavy (non-hydrogen) atoms. The molecule has 0 atom stereocenters. The Morgan fingerprint density at radius 2 is 2.07 bits per heavy atom. The summed E-state index contributed by atoms with van der Waals surface area (Å²) in [5.74, 6) is 0.719. The summed E-state index contributed by atoms with van der Waals surface area (Å²) < 4.78 is 0. The zero-order valence-electron chi connectivity index (χ0n) is 9.79. The van der Waals surface area contributed by atoms with Crippen molar-refractivity contribution in [1.82, 2.24) is 5.48 Å². The molecule has 0 aromatic heterocycles. The molecule has 0 aliphatic rings. The summed E-state index contributed by atoms with van der Waals surface area (Å²) in [4.78, 5) is 19.8. The van der Waals surface area contributed by atoms with Crippen LogP contribution < -0.4 is 5.48 Å². The minimum atomic E-state index is -0.861. The second kappa shape index (κ2) is 6.68. The lowest BCUT2D eigenvalue weighted by Crippen LogP contribution is -2.24. The predicted octanol–water partition coefficient (Wildman–Crippen LogP) is 2.04. The smallest absolute Gasteiger partial charge is 0.337 e. The van der Waals surface area contributed by atoms with Gasteiger partial charge in [-0.25, -0.2) is 0 Å². The number of oxime groups is 1. The maximum atomic E-state index is 10.9. The van der Waals surface area contributed by atoms with Crippen LogP contribution in [0.1, 0.15) is 20.8 Å². The Labute approximate surface area is 94.5 Å². The average Bonchev–Trinajstić information content (AvgIpc) is 2.10. The highest BCUT2D eigenvalue weighted by Crippen LogP contribution is 2.18. The van der Waals surface area contributed by atoms with Gasteiger partial charge in [0, 0.05) is 18.2 Å². The van der Waals surface area contributed by atoms with Crippen molar-refractivity contribution in [2.45, 2.75) is 20.8 Å². The minimum absolute atomic E-state index is 0.122. The Kier molecular flexibility index (Phi) is 6.35. The van der Waals surface area contributed by atoms with Crippen molar-refractivity contribution in [3.05, 3.63) is 0 Å². The van der Waals surface area contributed by atoms with Gasteiger partial charge in [0.15, 0.2) is 0 Å². The standard InChI is InChI=1S/C9H18N2O3S/c1-9(2,3)7(6-15-5)11-14-8(12)13-10-4/h10H,6H2,1-5H3. The molecule has 0 amide bonds. The van der Waals surface area contributed by atoms with Gasteiger partial charge >= 0.3 is 6.16 Å². The monoisotopic (exact) mass is 234 g/mol. The summed E-state index contributed by atoms with van der Waals surface area (Å²) >= 11 is 1.62. The summed E-state index contributed by atoms with van der Waals surface area (Å²) in [6, 6.07) is 0. The van der Waals surface area contributed by atoms with Crippen LogP contribution in [0.15, 0.2) is 5.16 Å². The number of nitrogens with zero attached hydrogens (tertiary/aromatic N) is 1. The molecular weight excluding hydrogens is 216 g/mol. The molecule has 0 saturated heterocycles. The zero-order valence-corrected chi connectivity index (χ0v) is 10.6. The van der Waals surface area contributed by atoms with E-state index in [2.05, 4.69) is 20.3 Å². The first kappa shape index (κ1) is 14.2. The van der Waals surface area contributed by atoms with Crippen LogP contribution in [-0.2, 0) is 9.68 Å².